The van der Waals surface area contributed by atoms with Crippen molar-refractivity contribution in [3.05, 3.63) is 179 Å². The number of hydrogen-bond acceptors (Lipinski definition) is 0. The third-order valence-corrected chi connectivity index (χ3v) is 14.5. The van der Waals surface area contributed by atoms with Crippen molar-refractivity contribution in [3.63, 3.8) is 0 Å². The van der Waals surface area contributed by atoms with E-state index in [4.69, 9.17) is 0 Å². The molecule has 9 aromatic rings. The fourth-order valence-corrected chi connectivity index (χ4v) is 10.9. The first-order chi connectivity index (χ1) is 28.5. The van der Waals surface area contributed by atoms with Crippen LogP contribution in [-0.2, 0) is 21.7 Å². The molecule has 0 nitrogen and oxygen atoms in total. The number of hydrogen-bond donors (Lipinski definition) is 0. The Morgan fingerprint density at radius 1 is 0.317 bits per heavy atom. The molecule has 294 valence electrons. The van der Waals surface area contributed by atoms with Crippen LogP contribution in [0.4, 0.5) is 0 Å². The van der Waals surface area contributed by atoms with Crippen LogP contribution in [0, 0.1) is 0 Å². The molecule has 0 aromatic heterocycles. The number of benzene rings is 9. The second kappa shape index (κ2) is 12.3. The van der Waals surface area contributed by atoms with E-state index in [0.29, 0.717) is 0 Å². The minimum absolute atomic E-state index is 0.0214. The van der Waals surface area contributed by atoms with Crippen LogP contribution in [0.5, 0.6) is 0 Å². The Hall–Kier alpha value is -5.98. The Bertz CT molecular complexity index is 3260. The summed E-state index contributed by atoms with van der Waals surface area (Å²) in [7, 11) is 0. The van der Waals surface area contributed by atoms with E-state index in [1.807, 2.05) is 0 Å². The lowest BCUT2D eigenvalue weighted by molar-refractivity contribution is 0.591. The zero-order chi connectivity index (χ0) is 41.7. The van der Waals surface area contributed by atoms with E-state index in [0.717, 1.165) is 0 Å². The van der Waals surface area contributed by atoms with Crippen molar-refractivity contribution in [1.82, 2.24) is 0 Å². The van der Waals surface area contributed by atoms with Gasteiger partial charge in [0.1, 0.15) is 0 Å². The van der Waals surface area contributed by atoms with Gasteiger partial charge in [-0.2, -0.15) is 0 Å². The SMILES string of the molecule is CC(C)(C)c1cc2ccc3cc(C(C)(C)C)cc4c(-c5cccc(-c6ccc7c(c6)C(C)(C)c6cc(-c8ccc9c(c8)C(C)(C)c8ccccc8-9)ccc6-7)c5)cc(c1)c2c34. The molecule has 0 fully saturated rings. The zero-order valence-corrected chi connectivity index (χ0v) is 36.9. The largest absolute Gasteiger partial charge is 0.0619 e. The summed E-state index contributed by atoms with van der Waals surface area (Å²) in [5.41, 5.74) is 21.4. The maximum Gasteiger partial charge on any atom is 0.0159 e. The third kappa shape index (κ3) is 5.35. The Labute approximate surface area is 356 Å². The van der Waals surface area contributed by atoms with Gasteiger partial charge in [0.2, 0.25) is 0 Å². The standard InChI is InChI=1S/C60H54/c1-57(2,3)43-27-40-18-19-41-28-44(58(4,5)6)34-50-49(30-42(29-43)55(40)56(41)50)39-15-13-14-35(26-39)36-20-24-47-48-25-22-38(33-54(48)60(9,10)53(47)31-36)37-21-23-46-45-16-11-12-17-51(45)59(7,8)52(46)32-37/h11-34H,1-10H3. The first kappa shape index (κ1) is 37.1. The highest BCUT2D eigenvalue weighted by Crippen LogP contribution is 2.53. The van der Waals surface area contributed by atoms with Crippen molar-refractivity contribution >= 4 is 32.3 Å². The smallest absolute Gasteiger partial charge is 0.0159 e. The molecule has 0 amide bonds. The summed E-state index contributed by atoms with van der Waals surface area (Å²) in [4.78, 5) is 0. The van der Waals surface area contributed by atoms with Crippen LogP contribution in [0.2, 0.25) is 0 Å². The molecule has 2 aliphatic rings. The second-order valence-corrected chi connectivity index (χ2v) is 21.1. The van der Waals surface area contributed by atoms with Crippen LogP contribution in [0.1, 0.15) is 103 Å². The van der Waals surface area contributed by atoms with Crippen LogP contribution in [0.25, 0.3) is 88.0 Å². The highest BCUT2D eigenvalue weighted by Gasteiger charge is 2.37. The average Bonchev–Trinajstić information content (AvgIpc) is 3.60. The van der Waals surface area contributed by atoms with E-state index < -0.39 is 0 Å². The van der Waals surface area contributed by atoms with Crippen molar-refractivity contribution in [3.8, 4) is 55.6 Å². The monoisotopic (exact) mass is 774 g/mol. The van der Waals surface area contributed by atoms with Crippen LogP contribution in [0.3, 0.4) is 0 Å². The fraction of sp³-hybridized carbons (Fsp3) is 0.233. The molecule has 0 aliphatic heterocycles. The van der Waals surface area contributed by atoms with E-state index in [1.165, 1.54) is 121 Å². The molecule has 0 unspecified atom stereocenters. The van der Waals surface area contributed by atoms with Gasteiger partial charge in [0, 0.05) is 10.8 Å². The van der Waals surface area contributed by atoms with Crippen LogP contribution in [0.15, 0.2) is 146 Å². The average molecular weight is 775 g/mol. The molecule has 0 N–H and O–H groups in total. The van der Waals surface area contributed by atoms with Crippen molar-refractivity contribution in [2.75, 3.05) is 0 Å². The highest BCUT2D eigenvalue weighted by atomic mass is 14.4. The van der Waals surface area contributed by atoms with Crippen molar-refractivity contribution in [1.29, 1.82) is 0 Å². The topological polar surface area (TPSA) is 0 Å². The van der Waals surface area contributed by atoms with Gasteiger partial charge >= 0.3 is 0 Å². The second-order valence-electron chi connectivity index (χ2n) is 21.1. The Balaban J connectivity index is 1.00. The Kier molecular flexibility index (Phi) is 7.59. The number of fused-ring (bicyclic) bond motifs is 6. The lowest BCUT2D eigenvalue weighted by atomic mass is 9.79. The van der Waals surface area contributed by atoms with Gasteiger partial charge in [-0.3, -0.25) is 0 Å². The quantitative estimate of drug-likeness (QED) is 0.157. The first-order valence-electron chi connectivity index (χ1n) is 21.9. The lowest BCUT2D eigenvalue weighted by Crippen LogP contribution is -2.15. The van der Waals surface area contributed by atoms with Crippen LogP contribution < -0.4 is 0 Å². The van der Waals surface area contributed by atoms with Crippen molar-refractivity contribution < 1.29 is 0 Å². The van der Waals surface area contributed by atoms with Gasteiger partial charge in [-0.1, -0.05) is 178 Å². The van der Waals surface area contributed by atoms with Gasteiger partial charge in [0.15, 0.2) is 0 Å². The number of rotatable bonds is 3. The molecule has 11 rings (SSSR count). The van der Waals surface area contributed by atoms with Gasteiger partial charge in [0.25, 0.3) is 0 Å². The van der Waals surface area contributed by atoms with E-state index in [2.05, 4.69) is 215 Å². The fourth-order valence-electron chi connectivity index (χ4n) is 10.9. The van der Waals surface area contributed by atoms with E-state index in [1.54, 1.807) is 0 Å². The lowest BCUT2D eigenvalue weighted by Gasteiger charge is -2.25. The molecule has 0 spiro atoms. The normalized spacial score (nSPS) is 15.1. The molecule has 0 heteroatoms. The molecule has 9 aromatic carbocycles. The molecule has 60 heavy (non-hydrogen) atoms. The summed E-state index contributed by atoms with van der Waals surface area (Å²) in [5, 5.41) is 8.08. The predicted molar refractivity (Wildman–Crippen MR) is 259 cm³/mol. The summed E-state index contributed by atoms with van der Waals surface area (Å²) in [6, 6.07) is 56.7. The molecular formula is C60H54. The van der Waals surface area contributed by atoms with Crippen LogP contribution >= 0.6 is 0 Å². The van der Waals surface area contributed by atoms with Gasteiger partial charge in [-0.25, -0.2) is 0 Å². The zero-order valence-electron chi connectivity index (χ0n) is 36.9. The van der Waals surface area contributed by atoms with Gasteiger partial charge in [-0.15, -0.1) is 0 Å². The van der Waals surface area contributed by atoms with Crippen molar-refractivity contribution in [2.24, 2.45) is 0 Å². The molecule has 0 bridgehead atoms. The summed E-state index contributed by atoms with van der Waals surface area (Å²) < 4.78 is 0. The predicted octanol–water partition coefficient (Wildman–Crippen LogP) is 16.8. The van der Waals surface area contributed by atoms with E-state index in [-0.39, 0.29) is 21.7 Å². The Morgan fingerprint density at radius 2 is 0.767 bits per heavy atom. The summed E-state index contributed by atoms with van der Waals surface area (Å²) >= 11 is 0. The molecule has 0 heterocycles. The maximum atomic E-state index is 2.48. The molecule has 0 atom stereocenters. The van der Waals surface area contributed by atoms with E-state index in [9.17, 15) is 0 Å². The molecule has 0 saturated carbocycles. The molecule has 2 aliphatic carbocycles. The summed E-state index contributed by atoms with van der Waals surface area (Å²) in [6.45, 7) is 23.5. The molecule has 0 radical (unpaired) electrons. The highest BCUT2D eigenvalue weighted by molar-refractivity contribution is 6.26. The Morgan fingerprint density at radius 3 is 1.33 bits per heavy atom. The summed E-state index contributed by atoms with van der Waals surface area (Å²) in [6.07, 6.45) is 0. The minimum atomic E-state index is -0.140. The molecular weight excluding hydrogens is 721 g/mol. The van der Waals surface area contributed by atoms with Gasteiger partial charge in [0.05, 0.1) is 0 Å². The first-order valence-corrected chi connectivity index (χ1v) is 21.9. The van der Waals surface area contributed by atoms with E-state index >= 15 is 0 Å². The van der Waals surface area contributed by atoms with Crippen molar-refractivity contribution in [2.45, 2.75) is 90.9 Å². The third-order valence-electron chi connectivity index (χ3n) is 14.5. The van der Waals surface area contributed by atoms with Gasteiger partial charge < -0.3 is 0 Å². The summed E-state index contributed by atoms with van der Waals surface area (Å²) in [5.74, 6) is 0. The van der Waals surface area contributed by atoms with Gasteiger partial charge in [-0.05, 0) is 169 Å². The minimum Gasteiger partial charge on any atom is -0.0619 e. The molecule has 0 saturated heterocycles. The maximum absolute atomic E-state index is 2.48. The van der Waals surface area contributed by atoms with Crippen LogP contribution in [-0.4, -0.2) is 0 Å².